The molecule has 1 fully saturated rings. The SMILES string of the molecule is C=C.NC1(c2cc3c(cc2Cl)CC(CCCB(O)O)[C@@H]3C(=O)O)CCC1. The first-order valence-electron chi connectivity index (χ1n) is 9.02. The van der Waals surface area contributed by atoms with Crippen LogP contribution in [0.1, 0.15) is 54.7 Å². The predicted molar refractivity (Wildman–Crippen MR) is 104 cm³/mol. The molecule has 0 bridgehead atoms. The first kappa shape index (κ1) is 21.0. The average molecular weight is 380 g/mol. The van der Waals surface area contributed by atoms with E-state index in [9.17, 15) is 9.90 Å². The number of fused-ring (bicyclic) bond motifs is 1. The average Bonchev–Trinajstić information content (AvgIpc) is 2.90. The number of aliphatic carboxylic acids is 1. The van der Waals surface area contributed by atoms with Gasteiger partial charge in [0.25, 0.3) is 0 Å². The summed E-state index contributed by atoms with van der Waals surface area (Å²) in [5.74, 6) is -1.45. The molecule has 1 aromatic rings. The zero-order chi connectivity index (χ0) is 19.5. The third-order valence-electron chi connectivity index (χ3n) is 5.60. The molecule has 2 atom stereocenters. The number of carboxylic acid groups (broad SMARTS) is 1. The Balaban J connectivity index is 0.00000117. The largest absolute Gasteiger partial charge is 0.481 e. The Morgan fingerprint density at radius 2 is 2.00 bits per heavy atom. The minimum atomic E-state index is -1.34. The second-order valence-electron chi connectivity index (χ2n) is 7.23. The number of nitrogens with two attached hydrogens (primary N) is 1. The molecule has 0 aromatic heterocycles. The van der Waals surface area contributed by atoms with Crippen molar-refractivity contribution in [1.29, 1.82) is 0 Å². The molecule has 1 unspecified atom stereocenters. The van der Waals surface area contributed by atoms with Gasteiger partial charge in [-0.25, -0.2) is 0 Å². The van der Waals surface area contributed by atoms with Crippen molar-refractivity contribution in [3.8, 4) is 0 Å². The van der Waals surface area contributed by atoms with E-state index in [4.69, 9.17) is 27.4 Å². The zero-order valence-corrected chi connectivity index (χ0v) is 15.7. The summed E-state index contributed by atoms with van der Waals surface area (Å²) >= 11 is 6.43. The van der Waals surface area contributed by atoms with Gasteiger partial charge in [0.15, 0.2) is 0 Å². The van der Waals surface area contributed by atoms with Gasteiger partial charge in [0.1, 0.15) is 0 Å². The molecule has 0 aliphatic heterocycles. The molecule has 0 radical (unpaired) electrons. The maximum atomic E-state index is 11.8. The highest BCUT2D eigenvalue weighted by Crippen LogP contribution is 2.47. The summed E-state index contributed by atoms with van der Waals surface area (Å²) in [6.45, 7) is 6.00. The second-order valence-corrected chi connectivity index (χ2v) is 7.64. The fraction of sp³-hybridized carbons (Fsp3) is 0.526. The van der Waals surface area contributed by atoms with E-state index in [1.165, 1.54) is 0 Å². The maximum Gasteiger partial charge on any atom is 0.451 e. The Morgan fingerprint density at radius 3 is 2.50 bits per heavy atom. The smallest absolute Gasteiger partial charge is 0.451 e. The van der Waals surface area contributed by atoms with E-state index in [2.05, 4.69) is 13.2 Å². The lowest BCUT2D eigenvalue weighted by molar-refractivity contribution is -0.139. The summed E-state index contributed by atoms with van der Waals surface area (Å²) in [4.78, 5) is 11.8. The summed E-state index contributed by atoms with van der Waals surface area (Å²) in [7, 11) is -1.34. The van der Waals surface area contributed by atoms with Crippen LogP contribution in [0.5, 0.6) is 0 Å². The van der Waals surface area contributed by atoms with E-state index >= 15 is 0 Å². The van der Waals surface area contributed by atoms with Gasteiger partial charge in [-0.05, 0) is 67.1 Å². The molecule has 0 amide bonds. The Morgan fingerprint density at radius 1 is 1.35 bits per heavy atom. The van der Waals surface area contributed by atoms with E-state index in [-0.39, 0.29) is 12.2 Å². The standard InChI is InChI=1S/C17H23BClNO4.C2H4/c19-14-8-11-7-10(3-1-6-18(23)24)15(16(21)22)12(11)9-13(14)17(20)4-2-5-17;1-2/h8-10,15,23-24H,1-7,20H2,(H,21,22);1-2H2/t10?,15-;/m0./s1. The first-order valence-corrected chi connectivity index (χ1v) is 9.40. The number of halogens is 1. The van der Waals surface area contributed by atoms with Crippen molar-refractivity contribution >= 4 is 24.7 Å². The number of carboxylic acids is 1. The first-order chi connectivity index (χ1) is 12.3. The molecule has 0 heterocycles. The quantitative estimate of drug-likeness (QED) is 0.449. The lowest BCUT2D eigenvalue weighted by Crippen LogP contribution is -2.43. The zero-order valence-electron chi connectivity index (χ0n) is 15.0. The van der Waals surface area contributed by atoms with Gasteiger partial charge in [0.05, 0.1) is 5.92 Å². The molecule has 26 heavy (non-hydrogen) atoms. The normalized spacial score (nSPS) is 22.6. The molecule has 1 saturated carbocycles. The molecule has 142 valence electrons. The summed E-state index contributed by atoms with van der Waals surface area (Å²) in [5.41, 5.74) is 8.65. The van der Waals surface area contributed by atoms with E-state index in [0.29, 0.717) is 24.3 Å². The van der Waals surface area contributed by atoms with Crippen LogP contribution in [0.15, 0.2) is 25.3 Å². The fourth-order valence-corrected chi connectivity index (χ4v) is 4.50. The van der Waals surface area contributed by atoms with Crippen LogP contribution in [0.4, 0.5) is 0 Å². The second kappa shape index (κ2) is 8.57. The Bertz CT molecular complexity index is 663. The highest BCUT2D eigenvalue weighted by Gasteiger charge is 2.41. The van der Waals surface area contributed by atoms with Crippen molar-refractivity contribution in [1.82, 2.24) is 0 Å². The topological polar surface area (TPSA) is 104 Å². The summed E-state index contributed by atoms with van der Waals surface area (Å²) in [6.07, 6.45) is 4.97. The molecule has 5 nitrogen and oxygen atoms in total. The van der Waals surface area contributed by atoms with Crippen LogP contribution in [-0.4, -0.2) is 28.2 Å². The summed E-state index contributed by atoms with van der Waals surface area (Å²) < 4.78 is 0. The van der Waals surface area contributed by atoms with Gasteiger partial charge in [-0.15, -0.1) is 13.2 Å². The van der Waals surface area contributed by atoms with Crippen molar-refractivity contribution in [2.45, 2.75) is 56.3 Å². The van der Waals surface area contributed by atoms with Crippen LogP contribution in [0.25, 0.3) is 0 Å². The lowest BCUT2D eigenvalue weighted by Gasteiger charge is -2.39. The molecule has 2 aliphatic rings. The predicted octanol–water partition coefficient (Wildman–Crippen LogP) is 3.07. The number of benzene rings is 1. The highest BCUT2D eigenvalue weighted by molar-refractivity contribution is 6.40. The van der Waals surface area contributed by atoms with Crippen LogP contribution < -0.4 is 5.73 Å². The monoisotopic (exact) mass is 379 g/mol. The fourth-order valence-electron chi connectivity index (χ4n) is 4.13. The number of rotatable bonds is 6. The van der Waals surface area contributed by atoms with Crippen LogP contribution in [0.2, 0.25) is 11.3 Å². The summed E-state index contributed by atoms with van der Waals surface area (Å²) in [6, 6.07) is 3.80. The van der Waals surface area contributed by atoms with Crippen molar-refractivity contribution < 1.29 is 19.9 Å². The molecule has 1 aromatic carbocycles. The highest BCUT2D eigenvalue weighted by atomic mass is 35.5. The van der Waals surface area contributed by atoms with Gasteiger partial charge in [-0.3, -0.25) is 4.79 Å². The minimum Gasteiger partial charge on any atom is -0.481 e. The van der Waals surface area contributed by atoms with E-state index in [1.54, 1.807) is 0 Å². The number of hydrogen-bond acceptors (Lipinski definition) is 4. The molecule has 2 aliphatic carbocycles. The Hall–Kier alpha value is -1.34. The minimum absolute atomic E-state index is 0.0438. The third-order valence-corrected chi connectivity index (χ3v) is 5.92. The molecule has 3 rings (SSSR count). The van der Waals surface area contributed by atoms with Crippen molar-refractivity contribution in [3.63, 3.8) is 0 Å². The van der Waals surface area contributed by atoms with E-state index < -0.39 is 24.5 Å². The van der Waals surface area contributed by atoms with Crippen LogP contribution in [0.3, 0.4) is 0 Å². The molecule has 0 spiro atoms. The molecular formula is C19H27BClNO4. The molecule has 7 heteroatoms. The molecule has 5 N–H and O–H groups in total. The number of hydrogen-bond donors (Lipinski definition) is 4. The van der Waals surface area contributed by atoms with Gasteiger partial charge < -0.3 is 20.9 Å². The molecule has 0 saturated heterocycles. The lowest BCUT2D eigenvalue weighted by atomic mass is 9.72. The number of carbonyl (C=O) groups is 1. The van der Waals surface area contributed by atoms with Gasteiger partial charge in [0.2, 0.25) is 0 Å². The van der Waals surface area contributed by atoms with Crippen LogP contribution in [0, 0.1) is 5.92 Å². The van der Waals surface area contributed by atoms with Crippen molar-refractivity contribution in [2.24, 2.45) is 11.7 Å². The summed E-state index contributed by atoms with van der Waals surface area (Å²) in [5, 5.41) is 28.3. The van der Waals surface area contributed by atoms with Crippen molar-refractivity contribution in [2.75, 3.05) is 0 Å². The maximum absolute atomic E-state index is 11.8. The van der Waals surface area contributed by atoms with Crippen LogP contribution >= 0.6 is 11.6 Å². The Kier molecular flexibility index (Phi) is 6.91. The molecular weight excluding hydrogens is 352 g/mol. The van der Waals surface area contributed by atoms with Gasteiger partial charge in [0, 0.05) is 10.6 Å². The van der Waals surface area contributed by atoms with Gasteiger partial charge >= 0.3 is 13.1 Å². The van der Waals surface area contributed by atoms with Gasteiger partial charge in [-0.2, -0.15) is 0 Å². The van der Waals surface area contributed by atoms with Gasteiger partial charge in [-0.1, -0.05) is 24.1 Å². The Labute approximate surface area is 160 Å². The van der Waals surface area contributed by atoms with Crippen molar-refractivity contribution in [3.05, 3.63) is 47.0 Å². The van der Waals surface area contributed by atoms with Crippen LogP contribution in [-0.2, 0) is 16.8 Å². The van der Waals surface area contributed by atoms with E-state index in [0.717, 1.165) is 36.0 Å². The van der Waals surface area contributed by atoms with E-state index in [1.807, 2.05) is 12.1 Å². The third kappa shape index (κ3) is 4.14.